The van der Waals surface area contributed by atoms with Crippen molar-refractivity contribution >= 4 is 5.97 Å². The summed E-state index contributed by atoms with van der Waals surface area (Å²) in [7, 11) is 0. The lowest BCUT2D eigenvalue weighted by molar-refractivity contribution is -0.137. The fourth-order valence-electron chi connectivity index (χ4n) is 0.855. The summed E-state index contributed by atoms with van der Waals surface area (Å²) in [6, 6.07) is 0. The number of nitrogens with zero attached hydrogens (tertiary/aromatic N) is 3. The molecule has 0 fully saturated rings. The van der Waals surface area contributed by atoms with Gasteiger partial charge in [0.05, 0.1) is 6.61 Å². The van der Waals surface area contributed by atoms with E-state index in [2.05, 4.69) is 15.6 Å². The minimum absolute atomic E-state index is 0.370. The molecule has 0 aliphatic carbocycles. The fourth-order valence-corrected chi connectivity index (χ4v) is 0.855. The van der Waals surface area contributed by atoms with E-state index in [1.165, 1.54) is 23.4 Å². The first-order valence-corrected chi connectivity index (χ1v) is 4.19. The molecule has 1 aromatic rings. The number of rotatable bonds is 4. The second-order valence-electron chi connectivity index (χ2n) is 2.56. The normalized spacial score (nSPS) is 11.1. The number of esters is 1. The zero-order valence-corrected chi connectivity index (χ0v) is 8.10. The molecule has 0 unspecified atom stereocenters. The van der Waals surface area contributed by atoms with Crippen LogP contribution < -0.4 is 5.43 Å². The first kappa shape index (κ1) is 10.2. The van der Waals surface area contributed by atoms with Crippen LogP contribution in [0.2, 0.25) is 0 Å². The molecule has 0 aliphatic rings. The lowest BCUT2D eigenvalue weighted by Crippen LogP contribution is -2.12. The monoisotopic (exact) mass is 196 g/mol. The number of nitrogens with one attached hydrogen (secondary N) is 1. The molecule has 1 aromatic heterocycles. The third-order valence-electron chi connectivity index (χ3n) is 1.35. The average molecular weight is 196 g/mol. The number of hydrogen-bond acceptors (Lipinski definition) is 5. The van der Waals surface area contributed by atoms with Crippen molar-refractivity contribution in [2.75, 3.05) is 12.0 Å². The molecule has 0 radical (unpaired) electrons. The van der Waals surface area contributed by atoms with Gasteiger partial charge >= 0.3 is 5.97 Å². The first-order chi connectivity index (χ1) is 6.72. The molecule has 76 valence electrons. The van der Waals surface area contributed by atoms with Crippen molar-refractivity contribution in [3.05, 3.63) is 24.4 Å². The lowest BCUT2D eigenvalue weighted by Gasteiger charge is -2.05. The van der Waals surface area contributed by atoms with Crippen LogP contribution in [0, 0.1) is 0 Å². The summed E-state index contributed by atoms with van der Waals surface area (Å²) in [6.45, 7) is 3.88. The van der Waals surface area contributed by atoms with E-state index in [-0.39, 0.29) is 5.97 Å². The van der Waals surface area contributed by atoms with E-state index in [0.29, 0.717) is 12.3 Å². The van der Waals surface area contributed by atoms with Gasteiger partial charge in [-0.05, 0) is 13.8 Å². The minimum atomic E-state index is -0.370. The number of hydrogen-bond donors (Lipinski definition) is 1. The smallest absolute Gasteiger partial charge is 0.332 e. The second-order valence-corrected chi connectivity index (χ2v) is 2.56. The molecule has 0 amide bonds. The molecular formula is C8H12N4O2. The topological polar surface area (TPSA) is 69.0 Å². The molecule has 1 heterocycles. The van der Waals surface area contributed by atoms with E-state index >= 15 is 0 Å². The van der Waals surface area contributed by atoms with Crippen molar-refractivity contribution in [1.29, 1.82) is 0 Å². The number of aromatic nitrogens is 3. The van der Waals surface area contributed by atoms with Gasteiger partial charge in [-0.25, -0.2) is 9.47 Å². The van der Waals surface area contributed by atoms with Crippen LogP contribution in [0.25, 0.3) is 0 Å². The predicted octanol–water partition coefficient (Wildman–Crippen LogP) is 0.288. The zero-order chi connectivity index (χ0) is 10.4. The summed E-state index contributed by atoms with van der Waals surface area (Å²) in [5, 5.41) is 7.20. The van der Waals surface area contributed by atoms with Gasteiger partial charge in [0.25, 0.3) is 0 Å². The number of allylic oxidation sites excluding steroid dienone is 1. The molecule has 6 heteroatoms. The Hall–Kier alpha value is -1.85. The van der Waals surface area contributed by atoms with Crippen molar-refractivity contribution in [1.82, 2.24) is 14.9 Å². The van der Waals surface area contributed by atoms with E-state index < -0.39 is 0 Å². The summed E-state index contributed by atoms with van der Waals surface area (Å²) in [6.07, 6.45) is 4.34. The molecule has 0 bridgehead atoms. The number of carbonyl (C=O) groups excluding carboxylic acids is 1. The summed E-state index contributed by atoms with van der Waals surface area (Å²) in [5.74, 6) is -0.370. The van der Waals surface area contributed by atoms with Crippen molar-refractivity contribution < 1.29 is 9.53 Å². The molecule has 0 saturated heterocycles. The Balaban J connectivity index is 2.49. The van der Waals surface area contributed by atoms with E-state index in [4.69, 9.17) is 4.74 Å². The van der Waals surface area contributed by atoms with Gasteiger partial charge in [0.1, 0.15) is 12.7 Å². The molecule has 0 aromatic carbocycles. The van der Waals surface area contributed by atoms with Gasteiger partial charge in [-0.2, -0.15) is 0 Å². The maximum absolute atomic E-state index is 11.0. The quantitative estimate of drug-likeness (QED) is 0.553. The molecule has 6 nitrogen and oxygen atoms in total. The Labute approximate surface area is 81.6 Å². The van der Waals surface area contributed by atoms with Crippen LogP contribution in [0.1, 0.15) is 13.8 Å². The van der Waals surface area contributed by atoms with E-state index in [9.17, 15) is 4.79 Å². The van der Waals surface area contributed by atoms with E-state index in [0.717, 1.165) is 0 Å². The summed E-state index contributed by atoms with van der Waals surface area (Å²) >= 11 is 0. The summed E-state index contributed by atoms with van der Waals surface area (Å²) in [5.41, 5.74) is 3.52. The number of carbonyl (C=O) groups is 1. The molecule has 0 spiro atoms. The van der Waals surface area contributed by atoms with Gasteiger partial charge < -0.3 is 4.74 Å². The Bertz CT molecular complexity index is 318. The second kappa shape index (κ2) is 5.00. The van der Waals surface area contributed by atoms with Gasteiger partial charge in [0.15, 0.2) is 0 Å². The van der Waals surface area contributed by atoms with Crippen LogP contribution >= 0.6 is 0 Å². The summed E-state index contributed by atoms with van der Waals surface area (Å²) < 4.78 is 6.27. The molecule has 1 N–H and O–H groups in total. The fraction of sp³-hybridized carbons (Fsp3) is 0.375. The zero-order valence-electron chi connectivity index (χ0n) is 8.10. The highest BCUT2D eigenvalue weighted by atomic mass is 16.5. The maximum atomic E-state index is 11.0. The number of ether oxygens (including phenoxy) is 1. The van der Waals surface area contributed by atoms with E-state index in [1.807, 2.05) is 0 Å². The van der Waals surface area contributed by atoms with Crippen LogP contribution in [0.3, 0.4) is 0 Å². The van der Waals surface area contributed by atoms with Gasteiger partial charge in [-0.1, -0.05) is 0 Å². The minimum Gasteiger partial charge on any atom is -0.463 e. The standard InChI is InChI=1S/C8H12N4O2/c1-3-14-8(13)4-7(2)11-12-5-9-10-6-12/h4-6,11H,3H2,1-2H3/b7-4+. The SMILES string of the molecule is CCOC(=O)/C=C(\C)Nn1cnnc1. The Morgan fingerprint density at radius 1 is 1.57 bits per heavy atom. The van der Waals surface area contributed by atoms with Gasteiger partial charge in [-0.15, -0.1) is 10.2 Å². The van der Waals surface area contributed by atoms with Crippen molar-refractivity contribution in [3.63, 3.8) is 0 Å². The van der Waals surface area contributed by atoms with Crippen LogP contribution in [0.15, 0.2) is 24.4 Å². The third kappa shape index (κ3) is 3.26. The Morgan fingerprint density at radius 3 is 2.79 bits per heavy atom. The Kier molecular flexibility index (Phi) is 3.66. The van der Waals surface area contributed by atoms with Crippen LogP contribution in [-0.4, -0.2) is 27.4 Å². The Morgan fingerprint density at radius 2 is 2.21 bits per heavy atom. The van der Waals surface area contributed by atoms with Crippen LogP contribution in [0.5, 0.6) is 0 Å². The highest BCUT2D eigenvalue weighted by Gasteiger charge is 1.97. The third-order valence-corrected chi connectivity index (χ3v) is 1.35. The average Bonchev–Trinajstić information content (AvgIpc) is 2.56. The van der Waals surface area contributed by atoms with Gasteiger partial charge in [0.2, 0.25) is 0 Å². The maximum Gasteiger partial charge on any atom is 0.332 e. The molecule has 1 rings (SSSR count). The molecule has 0 atom stereocenters. The largest absolute Gasteiger partial charge is 0.463 e. The predicted molar refractivity (Wildman–Crippen MR) is 49.8 cm³/mol. The molecule has 14 heavy (non-hydrogen) atoms. The van der Waals surface area contributed by atoms with Gasteiger partial charge in [0, 0.05) is 11.8 Å². The van der Waals surface area contributed by atoms with Crippen molar-refractivity contribution in [2.24, 2.45) is 0 Å². The summed E-state index contributed by atoms with van der Waals surface area (Å²) in [4.78, 5) is 11.0. The molecule has 0 aliphatic heterocycles. The van der Waals surface area contributed by atoms with Crippen molar-refractivity contribution in [3.8, 4) is 0 Å². The van der Waals surface area contributed by atoms with Gasteiger partial charge in [-0.3, -0.25) is 5.43 Å². The highest BCUT2D eigenvalue weighted by molar-refractivity contribution is 5.82. The molecule has 0 saturated carbocycles. The van der Waals surface area contributed by atoms with Crippen molar-refractivity contribution in [2.45, 2.75) is 13.8 Å². The molecular weight excluding hydrogens is 184 g/mol. The first-order valence-electron chi connectivity index (χ1n) is 4.19. The van der Waals surface area contributed by atoms with Crippen LogP contribution in [-0.2, 0) is 9.53 Å². The van der Waals surface area contributed by atoms with Crippen LogP contribution in [0.4, 0.5) is 0 Å². The van der Waals surface area contributed by atoms with E-state index in [1.54, 1.807) is 13.8 Å². The highest BCUT2D eigenvalue weighted by Crippen LogP contribution is 1.91. The lowest BCUT2D eigenvalue weighted by atomic mass is 10.4.